The molecular weight excluding hydrogens is 1100 g/mol. The van der Waals surface area contributed by atoms with Crippen LogP contribution < -0.4 is 5.11 Å². The van der Waals surface area contributed by atoms with Gasteiger partial charge in [-0.15, -0.1) is 0 Å². The van der Waals surface area contributed by atoms with Gasteiger partial charge in [0.05, 0.1) is 40.3 Å². The Morgan fingerprint density at radius 2 is 0.573 bits per heavy atom. The largest absolute Gasteiger partial charge is 0.545 e. The van der Waals surface area contributed by atoms with Gasteiger partial charge in [0.1, 0.15) is 13.2 Å². The molecule has 0 rings (SSSR count). The average Bonchev–Trinajstić information content (AvgIpc) is 3.64. The van der Waals surface area contributed by atoms with Crippen molar-refractivity contribution in [3.63, 3.8) is 0 Å². The van der Waals surface area contributed by atoms with Crippen molar-refractivity contribution >= 4 is 17.9 Å². The zero-order chi connectivity index (χ0) is 64.7. The zero-order valence-corrected chi connectivity index (χ0v) is 60.3. The van der Waals surface area contributed by atoms with Gasteiger partial charge in [0, 0.05) is 12.8 Å². The highest BCUT2D eigenvalue weighted by Crippen LogP contribution is 2.20. The standard InChI is InChI=1S/C80H153NO8/c1-6-8-10-12-14-16-18-20-22-24-26-28-30-32-33-34-35-36-37-38-39-40-41-42-43-44-45-47-49-51-53-55-57-59-61-63-65-67-69-71-78(83)89-76(75-88-80(79(84)85)86-73-72-81(3,4)5)74-87-77(82)70-68-66-64-62-60-58-56-54-52-50-48-46-31-29-27-25-23-21-19-17-15-13-11-9-7-2/h24-27,76,80H,6-23,28-75H2,1-5H3/b26-24-,27-25-. The lowest BCUT2D eigenvalue weighted by Crippen LogP contribution is -2.44. The Morgan fingerprint density at radius 1 is 0.326 bits per heavy atom. The van der Waals surface area contributed by atoms with E-state index in [-0.39, 0.29) is 32.2 Å². The molecule has 89 heavy (non-hydrogen) atoms. The number of quaternary nitrogens is 1. The molecule has 0 aromatic carbocycles. The lowest BCUT2D eigenvalue weighted by atomic mass is 10.0. The van der Waals surface area contributed by atoms with E-state index >= 15 is 0 Å². The molecular formula is C80H153NO8. The van der Waals surface area contributed by atoms with E-state index in [1.54, 1.807) is 0 Å². The molecule has 9 nitrogen and oxygen atoms in total. The van der Waals surface area contributed by atoms with Gasteiger partial charge in [0.25, 0.3) is 0 Å². The molecule has 0 fully saturated rings. The zero-order valence-electron chi connectivity index (χ0n) is 60.3. The number of aliphatic carboxylic acids is 1. The van der Waals surface area contributed by atoms with Gasteiger partial charge in [-0.05, 0) is 64.2 Å². The van der Waals surface area contributed by atoms with Crippen LogP contribution in [0, 0.1) is 0 Å². The van der Waals surface area contributed by atoms with Crippen LogP contribution in [0.5, 0.6) is 0 Å². The minimum atomic E-state index is -1.62. The maximum absolute atomic E-state index is 13.0. The van der Waals surface area contributed by atoms with Gasteiger partial charge in [-0.2, -0.15) is 0 Å². The monoisotopic (exact) mass is 1260 g/mol. The maximum Gasteiger partial charge on any atom is 0.306 e. The number of likely N-dealkylation sites (N-methyl/N-ethyl adjacent to an activating group) is 1. The summed E-state index contributed by atoms with van der Waals surface area (Å²) in [4.78, 5) is 37.6. The molecule has 0 radical (unpaired) electrons. The van der Waals surface area contributed by atoms with Crippen LogP contribution in [-0.4, -0.2) is 82.3 Å². The topological polar surface area (TPSA) is 111 Å². The quantitative estimate of drug-likeness (QED) is 0.0195. The normalized spacial score (nSPS) is 12.7. The molecule has 0 N–H and O–H groups in total. The first kappa shape index (κ1) is 86.8. The van der Waals surface area contributed by atoms with E-state index < -0.39 is 24.3 Å². The molecule has 0 amide bonds. The van der Waals surface area contributed by atoms with Crippen molar-refractivity contribution in [1.29, 1.82) is 0 Å². The van der Waals surface area contributed by atoms with Gasteiger partial charge in [-0.25, -0.2) is 0 Å². The fraction of sp³-hybridized carbons (Fsp3) is 0.912. The first-order valence-corrected chi connectivity index (χ1v) is 39.5. The molecule has 0 saturated heterocycles. The van der Waals surface area contributed by atoms with E-state index in [1.165, 1.54) is 347 Å². The second kappa shape index (κ2) is 71.6. The smallest absolute Gasteiger partial charge is 0.306 e. The summed E-state index contributed by atoms with van der Waals surface area (Å²) in [5.74, 6) is -2.25. The van der Waals surface area contributed by atoms with Crippen molar-refractivity contribution in [1.82, 2.24) is 0 Å². The van der Waals surface area contributed by atoms with Crippen LogP contribution in [0.1, 0.15) is 412 Å². The Bertz CT molecular complexity index is 1510. The summed E-state index contributed by atoms with van der Waals surface area (Å²) >= 11 is 0. The van der Waals surface area contributed by atoms with Crippen LogP contribution >= 0.6 is 0 Å². The van der Waals surface area contributed by atoms with E-state index in [4.69, 9.17) is 18.9 Å². The summed E-state index contributed by atoms with van der Waals surface area (Å²) in [6, 6.07) is 0. The average molecular weight is 1260 g/mol. The number of hydrogen-bond donors (Lipinski definition) is 0. The Kier molecular flexibility index (Phi) is 69.8. The first-order chi connectivity index (χ1) is 43.6. The van der Waals surface area contributed by atoms with Crippen LogP contribution in [0.3, 0.4) is 0 Å². The minimum absolute atomic E-state index is 0.152. The molecule has 0 aliphatic heterocycles. The highest BCUT2D eigenvalue weighted by Gasteiger charge is 2.22. The second-order valence-corrected chi connectivity index (χ2v) is 28.4. The SMILES string of the molecule is CCCCCCCCCC/C=C\CCCCCCCCCCCCCCCCCCCCCCCCCCCCCC(=O)OC(COC(=O)CCCCCCCCCCCCCCC/C=C\CCCCCCCCCC)COC(OCC[N+](C)(C)C)C(=O)[O-]. The predicted molar refractivity (Wildman–Crippen MR) is 380 cm³/mol. The number of carboxylic acid groups (broad SMARTS) is 1. The highest BCUT2D eigenvalue weighted by molar-refractivity contribution is 5.70. The van der Waals surface area contributed by atoms with E-state index in [0.29, 0.717) is 17.4 Å². The third-order valence-corrected chi connectivity index (χ3v) is 18.2. The summed E-state index contributed by atoms with van der Waals surface area (Å²) in [6.07, 6.45) is 87.4. The lowest BCUT2D eigenvalue weighted by Gasteiger charge is -2.26. The summed E-state index contributed by atoms with van der Waals surface area (Å²) in [6.45, 7) is 4.83. The Morgan fingerprint density at radius 3 is 0.831 bits per heavy atom. The molecule has 526 valence electrons. The van der Waals surface area contributed by atoms with Crippen molar-refractivity contribution in [3.05, 3.63) is 24.3 Å². The summed E-state index contributed by atoms with van der Waals surface area (Å²) in [5, 5.41) is 11.8. The molecule has 0 bridgehead atoms. The molecule has 2 unspecified atom stereocenters. The van der Waals surface area contributed by atoms with Crippen molar-refractivity contribution < 1.29 is 42.9 Å². The second-order valence-electron chi connectivity index (χ2n) is 28.4. The summed E-state index contributed by atoms with van der Waals surface area (Å²) in [7, 11) is 5.95. The first-order valence-electron chi connectivity index (χ1n) is 39.5. The number of esters is 2. The minimum Gasteiger partial charge on any atom is -0.545 e. The van der Waals surface area contributed by atoms with Crippen LogP contribution in [0.4, 0.5) is 0 Å². The molecule has 0 aliphatic carbocycles. The van der Waals surface area contributed by atoms with Crippen molar-refractivity contribution in [2.75, 3.05) is 47.5 Å². The number of carbonyl (C=O) groups excluding carboxylic acids is 3. The number of allylic oxidation sites excluding steroid dienone is 4. The number of hydrogen-bond acceptors (Lipinski definition) is 8. The Balaban J connectivity index is 3.94. The number of carbonyl (C=O) groups is 3. The number of rotatable bonds is 75. The fourth-order valence-corrected chi connectivity index (χ4v) is 12.1. The van der Waals surface area contributed by atoms with E-state index in [2.05, 4.69) is 38.2 Å². The number of nitrogens with zero attached hydrogens (tertiary/aromatic N) is 1. The number of unbranched alkanes of at least 4 members (excludes halogenated alkanes) is 56. The summed E-state index contributed by atoms with van der Waals surface area (Å²) in [5.41, 5.74) is 0. The molecule has 0 aromatic rings. The van der Waals surface area contributed by atoms with E-state index in [9.17, 15) is 19.5 Å². The lowest BCUT2D eigenvalue weighted by molar-refractivity contribution is -0.870. The van der Waals surface area contributed by atoms with Crippen molar-refractivity contribution in [2.24, 2.45) is 0 Å². The molecule has 0 heterocycles. The van der Waals surface area contributed by atoms with Crippen molar-refractivity contribution in [3.8, 4) is 0 Å². The molecule has 0 aromatic heterocycles. The third-order valence-electron chi connectivity index (χ3n) is 18.2. The molecule has 0 aliphatic rings. The van der Waals surface area contributed by atoms with E-state index in [0.717, 1.165) is 38.5 Å². The van der Waals surface area contributed by atoms with Gasteiger partial charge >= 0.3 is 11.9 Å². The van der Waals surface area contributed by atoms with Crippen LogP contribution in [-0.2, 0) is 33.3 Å². The van der Waals surface area contributed by atoms with Crippen LogP contribution in [0.2, 0.25) is 0 Å². The molecule has 2 atom stereocenters. The van der Waals surface area contributed by atoms with Gasteiger partial charge in [-0.3, -0.25) is 9.59 Å². The highest BCUT2D eigenvalue weighted by atomic mass is 16.7. The maximum atomic E-state index is 13.0. The van der Waals surface area contributed by atoms with Crippen LogP contribution in [0.25, 0.3) is 0 Å². The van der Waals surface area contributed by atoms with Crippen molar-refractivity contribution in [2.45, 2.75) is 424 Å². The van der Waals surface area contributed by atoms with Gasteiger partial charge < -0.3 is 33.3 Å². The fourth-order valence-electron chi connectivity index (χ4n) is 12.1. The number of ether oxygens (including phenoxy) is 4. The Hall–Kier alpha value is -2.23. The summed E-state index contributed by atoms with van der Waals surface area (Å²) < 4.78 is 22.9. The van der Waals surface area contributed by atoms with Gasteiger partial charge in [0.15, 0.2) is 12.4 Å². The molecule has 9 heteroatoms. The van der Waals surface area contributed by atoms with Crippen LogP contribution in [0.15, 0.2) is 24.3 Å². The van der Waals surface area contributed by atoms with Gasteiger partial charge in [-0.1, -0.05) is 359 Å². The Labute approximate surface area is 554 Å². The molecule has 0 spiro atoms. The molecule has 0 saturated carbocycles. The predicted octanol–water partition coefficient (Wildman–Crippen LogP) is 23.6. The van der Waals surface area contributed by atoms with Gasteiger partial charge in [0.2, 0.25) is 0 Å². The third kappa shape index (κ3) is 73.1. The van der Waals surface area contributed by atoms with E-state index in [1.807, 2.05) is 21.1 Å². The number of carboxylic acids is 1.